The minimum absolute atomic E-state index is 0.0560. The minimum atomic E-state index is 0.0560. The van der Waals surface area contributed by atoms with Crippen LogP contribution in [0.3, 0.4) is 0 Å². The third kappa shape index (κ3) is 5.11. The molecule has 2 aromatic carbocycles. The Hall–Kier alpha value is -1.94. The summed E-state index contributed by atoms with van der Waals surface area (Å²) >= 11 is 1.55. The van der Waals surface area contributed by atoms with Crippen LogP contribution in [0.4, 0.5) is 0 Å². The number of thioether (sulfide) groups is 1. The van der Waals surface area contributed by atoms with Gasteiger partial charge in [-0.25, -0.2) is 0 Å². The molecular weight excluding hydrogens is 294 g/mol. The van der Waals surface area contributed by atoms with Crippen LogP contribution >= 0.6 is 11.8 Å². The van der Waals surface area contributed by atoms with Crippen molar-refractivity contribution in [3.05, 3.63) is 59.7 Å². The summed E-state index contributed by atoms with van der Waals surface area (Å²) in [5.41, 5.74) is 2.34. The maximum Gasteiger partial charge on any atom is 0.230 e. The first-order valence-electron chi connectivity index (χ1n) is 7.27. The van der Waals surface area contributed by atoms with E-state index in [0.717, 1.165) is 22.6 Å². The third-order valence-corrected chi connectivity index (χ3v) is 4.31. The molecule has 0 unspecified atom stereocenters. The summed E-state index contributed by atoms with van der Waals surface area (Å²) in [6, 6.07) is 16.1. The number of aryl methyl sites for hydroxylation is 1. The van der Waals surface area contributed by atoms with Gasteiger partial charge in [0.05, 0.1) is 12.9 Å². The Morgan fingerprint density at radius 1 is 1.14 bits per heavy atom. The predicted octanol–water partition coefficient (Wildman–Crippen LogP) is 3.45. The first kappa shape index (κ1) is 16.4. The number of rotatable bonds is 7. The summed E-state index contributed by atoms with van der Waals surface area (Å²) in [6.45, 7) is 2.67. The number of methoxy groups -OCH3 is 1. The van der Waals surface area contributed by atoms with Crippen molar-refractivity contribution in [3.8, 4) is 5.75 Å². The Balaban J connectivity index is 1.72. The van der Waals surface area contributed by atoms with E-state index in [9.17, 15) is 4.79 Å². The lowest BCUT2D eigenvalue weighted by atomic mass is 10.1. The highest BCUT2D eigenvalue weighted by atomic mass is 32.2. The lowest BCUT2D eigenvalue weighted by Gasteiger charge is -2.09. The van der Waals surface area contributed by atoms with Gasteiger partial charge in [-0.1, -0.05) is 35.9 Å². The molecule has 3 nitrogen and oxygen atoms in total. The molecule has 0 aliphatic rings. The van der Waals surface area contributed by atoms with Gasteiger partial charge in [0.15, 0.2) is 0 Å². The first-order chi connectivity index (χ1) is 10.7. The van der Waals surface area contributed by atoms with Crippen LogP contribution in [0.2, 0.25) is 0 Å². The van der Waals surface area contributed by atoms with E-state index in [4.69, 9.17) is 4.74 Å². The Bertz CT molecular complexity index is 611. The van der Waals surface area contributed by atoms with Crippen molar-refractivity contribution in [1.29, 1.82) is 0 Å². The molecule has 0 spiro atoms. The molecule has 0 heterocycles. The molecule has 116 valence electrons. The van der Waals surface area contributed by atoms with Crippen molar-refractivity contribution >= 4 is 17.7 Å². The zero-order valence-electron chi connectivity index (χ0n) is 13.0. The van der Waals surface area contributed by atoms with Gasteiger partial charge in [0, 0.05) is 11.4 Å². The topological polar surface area (TPSA) is 38.3 Å². The molecule has 4 heteroatoms. The van der Waals surface area contributed by atoms with Gasteiger partial charge in [-0.15, -0.1) is 11.8 Å². The molecule has 22 heavy (non-hydrogen) atoms. The predicted molar refractivity (Wildman–Crippen MR) is 91.6 cm³/mol. The van der Waals surface area contributed by atoms with Gasteiger partial charge in [-0.3, -0.25) is 4.79 Å². The molecule has 0 saturated carbocycles. The molecule has 1 amide bonds. The van der Waals surface area contributed by atoms with E-state index in [0.29, 0.717) is 12.3 Å². The van der Waals surface area contributed by atoms with Crippen LogP contribution in [0, 0.1) is 6.92 Å². The highest BCUT2D eigenvalue weighted by molar-refractivity contribution is 8.00. The van der Waals surface area contributed by atoms with Crippen molar-refractivity contribution in [2.45, 2.75) is 18.2 Å². The molecule has 0 fully saturated rings. The average molecular weight is 315 g/mol. The first-order valence-corrected chi connectivity index (χ1v) is 8.25. The second kappa shape index (κ2) is 8.49. The monoisotopic (exact) mass is 315 g/mol. The quantitative estimate of drug-likeness (QED) is 0.795. The Morgan fingerprint density at radius 2 is 1.86 bits per heavy atom. The fourth-order valence-electron chi connectivity index (χ4n) is 2.08. The van der Waals surface area contributed by atoms with E-state index < -0.39 is 0 Å². The summed E-state index contributed by atoms with van der Waals surface area (Å²) in [4.78, 5) is 13.0. The SMILES string of the molecule is COc1ccccc1CCNC(=O)CSc1ccc(C)cc1. The van der Waals surface area contributed by atoms with E-state index >= 15 is 0 Å². The van der Waals surface area contributed by atoms with Crippen LogP contribution in [0.1, 0.15) is 11.1 Å². The van der Waals surface area contributed by atoms with E-state index in [2.05, 4.69) is 24.4 Å². The third-order valence-electron chi connectivity index (χ3n) is 3.30. The summed E-state index contributed by atoms with van der Waals surface area (Å²) in [7, 11) is 1.66. The number of carbonyl (C=O) groups is 1. The van der Waals surface area contributed by atoms with Crippen molar-refractivity contribution in [3.63, 3.8) is 0 Å². The van der Waals surface area contributed by atoms with Gasteiger partial charge >= 0.3 is 0 Å². The molecule has 0 saturated heterocycles. The van der Waals surface area contributed by atoms with Crippen molar-refractivity contribution in [2.24, 2.45) is 0 Å². The zero-order valence-corrected chi connectivity index (χ0v) is 13.8. The Kier molecular flexibility index (Phi) is 6.34. The molecular formula is C18H21NO2S. The summed E-state index contributed by atoms with van der Waals surface area (Å²) in [5.74, 6) is 1.36. The van der Waals surface area contributed by atoms with Crippen molar-refractivity contribution in [1.82, 2.24) is 5.32 Å². The number of nitrogens with one attached hydrogen (secondary N) is 1. The van der Waals surface area contributed by atoms with Gasteiger partial charge in [-0.05, 0) is 37.1 Å². The molecule has 0 aliphatic heterocycles. The molecule has 0 bridgehead atoms. The number of amides is 1. The molecule has 0 radical (unpaired) electrons. The van der Waals surface area contributed by atoms with E-state index in [-0.39, 0.29) is 5.91 Å². The van der Waals surface area contributed by atoms with Gasteiger partial charge in [0.1, 0.15) is 5.75 Å². The lowest BCUT2D eigenvalue weighted by Crippen LogP contribution is -2.27. The normalized spacial score (nSPS) is 10.3. The van der Waals surface area contributed by atoms with Gasteiger partial charge in [0.2, 0.25) is 5.91 Å². The van der Waals surface area contributed by atoms with Gasteiger partial charge < -0.3 is 10.1 Å². The number of para-hydroxylation sites is 1. The number of ether oxygens (including phenoxy) is 1. The fourth-order valence-corrected chi connectivity index (χ4v) is 2.81. The van der Waals surface area contributed by atoms with E-state index in [1.807, 2.05) is 36.4 Å². The van der Waals surface area contributed by atoms with E-state index in [1.54, 1.807) is 18.9 Å². The number of hydrogen-bond donors (Lipinski definition) is 1. The summed E-state index contributed by atoms with van der Waals surface area (Å²) in [6.07, 6.45) is 0.769. The maximum atomic E-state index is 11.9. The molecule has 0 aromatic heterocycles. The van der Waals surface area contributed by atoms with Crippen molar-refractivity contribution in [2.75, 3.05) is 19.4 Å². The van der Waals surface area contributed by atoms with Gasteiger partial charge in [0.25, 0.3) is 0 Å². The second-order valence-corrected chi connectivity index (χ2v) is 6.06. The zero-order chi connectivity index (χ0) is 15.8. The smallest absolute Gasteiger partial charge is 0.230 e. The van der Waals surface area contributed by atoms with Crippen LogP contribution < -0.4 is 10.1 Å². The highest BCUT2D eigenvalue weighted by Crippen LogP contribution is 2.18. The summed E-state index contributed by atoms with van der Waals surface area (Å²) < 4.78 is 5.30. The van der Waals surface area contributed by atoms with Crippen molar-refractivity contribution < 1.29 is 9.53 Å². The summed E-state index contributed by atoms with van der Waals surface area (Å²) in [5, 5.41) is 2.95. The Labute approximate surface area is 136 Å². The van der Waals surface area contributed by atoms with Crippen LogP contribution in [-0.4, -0.2) is 25.3 Å². The molecule has 1 N–H and O–H groups in total. The largest absolute Gasteiger partial charge is 0.496 e. The number of benzene rings is 2. The molecule has 2 aromatic rings. The van der Waals surface area contributed by atoms with Crippen LogP contribution in [0.15, 0.2) is 53.4 Å². The minimum Gasteiger partial charge on any atom is -0.496 e. The highest BCUT2D eigenvalue weighted by Gasteiger charge is 2.05. The maximum absolute atomic E-state index is 11.9. The van der Waals surface area contributed by atoms with E-state index in [1.165, 1.54) is 5.56 Å². The Morgan fingerprint density at radius 3 is 2.59 bits per heavy atom. The van der Waals surface area contributed by atoms with Gasteiger partial charge in [-0.2, -0.15) is 0 Å². The number of hydrogen-bond acceptors (Lipinski definition) is 3. The standard InChI is InChI=1S/C18H21NO2S/c1-14-7-9-16(10-8-14)22-13-18(20)19-12-11-15-5-3-4-6-17(15)21-2/h3-10H,11-13H2,1-2H3,(H,19,20). The fraction of sp³-hybridized carbons (Fsp3) is 0.278. The molecule has 2 rings (SSSR count). The van der Waals surface area contributed by atoms with Crippen LogP contribution in [0.25, 0.3) is 0 Å². The second-order valence-electron chi connectivity index (χ2n) is 5.01. The van der Waals surface area contributed by atoms with Crippen LogP contribution in [0.5, 0.6) is 5.75 Å². The average Bonchev–Trinajstić information content (AvgIpc) is 2.55. The molecule has 0 aliphatic carbocycles. The lowest BCUT2D eigenvalue weighted by molar-refractivity contribution is -0.118. The molecule has 0 atom stereocenters. The van der Waals surface area contributed by atoms with Crippen LogP contribution in [-0.2, 0) is 11.2 Å². The number of carbonyl (C=O) groups excluding carboxylic acids is 1.